The number of aromatic amines is 1. The van der Waals surface area contributed by atoms with Crippen molar-refractivity contribution in [2.24, 2.45) is 5.10 Å². The van der Waals surface area contributed by atoms with E-state index in [9.17, 15) is 8.78 Å². The molecule has 0 aliphatic carbocycles. The Morgan fingerprint density at radius 1 is 1.69 bits per heavy atom. The average molecular weight is 228 g/mol. The minimum Gasteiger partial charge on any atom is -0.341 e. The molecular weight excluding hydrogens is 214 g/mol. The third-order valence-electron chi connectivity index (χ3n) is 1.92. The number of hydrogen-bond donors (Lipinski definition) is 1. The van der Waals surface area contributed by atoms with E-state index in [1.807, 2.05) is 0 Å². The lowest BCUT2D eigenvalue weighted by Crippen LogP contribution is -2.29. The molecule has 0 amide bonds. The van der Waals surface area contributed by atoms with Gasteiger partial charge in [-0.2, -0.15) is 5.10 Å². The summed E-state index contributed by atoms with van der Waals surface area (Å²) < 4.78 is 25.7. The Balaban J connectivity index is 2.82. The minimum absolute atomic E-state index is 0.317. The maximum atomic E-state index is 12.8. The first-order valence-corrected chi connectivity index (χ1v) is 4.66. The fraction of sp³-hybridized carbons (Fsp3) is 0.400. The van der Waals surface area contributed by atoms with Gasteiger partial charge in [0.1, 0.15) is 12.4 Å². The molecule has 0 fully saturated rings. The topological polar surface area (TPSA) is 44.3 Å². The summed E-state index contributed by atoms with van der Waals surface area (Å²) in [5.74, 6) is -2.18. The summed E-state index contributed by atoms with van der Waals surface area (Å²) in [5.41, 5.74) is 0.867. The molecule has 6 heteroatoms. The monoisotopic (exact) mass is 228 g/mol. The molecule has 88 valence electrons. The first-order chi connectivity index (χ1) is 7.33. The zero-order valence-corrected chi connectivity index (χ0v) is 9.30. The highest BCUT2D eigenvalue weighted by molar-refractivity contribution is 5.58. The van der Waals surface area contributed by atoms with Crippen molar-refractivity contribution in [2.75, 3.05) is 6.54 Å². The molecule has 0 aliphatic heterocycles. The van der Waals surface area contributed by atoms with Crippen molar-refractivity contribution in [1.82, 2.24) is 15.0 Å². The Hall–Kier alpha value is -1.72. The van der Waals surface area contributed by atoms with Gasteiger partial charge in [0.15, 0.2) is 0 Å². The summed E-state index contributed by atoms with van der Waals surface area (Å²) in [6.07, 6.45) is 1.52. The van der Waals surface area contributed by atoms with Crippen LogP contribution in [0.4, 0.5) is 8.78 Å². The van der Waals surface area contributed by atoms with E-state index in [4.69, 9.17) is 0 Å². The van der Waals surface area contributed by atoms with Crippen LogP contribution in [0.1, 0.15) is 18.4 Å². The molecule has 0 aliphatic rings. The molecule has 0 bridgehead atoms. The van der Waals surface area contributed by atoms with Crippen LogP contribution in [0.25, 0.3) is 5.70 Å². The molecule has 0 spiro atoms. The summed E-state index contributed by atoms with van der Waals surface area (Å²) in [4.78, 5) is 6.85. The van der Waals surface area contributed by atoms with Crippen molar-refractivity contribution >= 4 is 12.4 Å². The van der Waals surface area contributed by atoms with Crippen molar-refractivity contribution in [3.8, 4) is 0 Å². The zero-order chi connectivity index (χ0) is 12.3. The van der Waals surface area contributed by atoms with Gasteiger partial charge in [-0.25, -0.2) is 13.8 Å². The van der Waals surface area contributed by atoms with Crippen LogP contribution in [0, 0.1) is 6.92 Å². The second kappa shape index (κ2) is 4.42. The number of hydrazone groups is 1. The van der Waals surface area contributed by atoms with Crippen molar-refractivity contribution in [3.63, 3.8) is 0 Å². The summed E-state index contributed by atoms with van der Waals surface area (Å²) in [7, 11) is 0. The zero-order valence-electron chi connectivity index (χ0n) is 9.30. The summed E-state index contributed by atoms with van der Waals surface area (Å²) in [6.45, 7) is 8.94. The number of aromatic nitrogens is 2. The predicted molar refractivity (Wildman–Crippen MR) is 59.2 cm³/mol. The fourth-order valence-electron chi connectivity index (χ4n) is 1.20. The van der Waals surface area contributed by atoms with E-state index in [0.29, 0.717) is 17.2 Å². The minimum atomic E-state index is -2.86. The Morgan fingerprint density at radius 3 is 2.69 bits per heavy atom. The fourth-order valence-corrected chi connectivity index (χ4v) is 1.20. The second-order valence-corrected chi connectivity index (χ2v) is 3.60. The highest BCUT2D eigenvalue weighted by Crippen LogP contribution is 2.21. The first-order valence-electron chi connectivity index (χ1n) is 4.66. The van der Waals surface area contributed by atoms with Gasteiger partial charge in [0.2, 0.25) is 0 Å². The second-order valence-electron chi connectivity index (χ2n) is 3.60. The van der Waals surface area contributed by atoms with E-state index in [0.717, 1.165) is 11.9 Å². The van der Waals surface area contributed by atoms with Gasteiger partial charge in [-0.15, -0.1) is 0 Å². The Kier molecular flexibility index (Phi) is 3.41. The van der Waals surface area contributed by atoms with E-state index in [1.54, 1.807) is 6.92 Å². The summed E-state index contributed by atoms with van der Waals surface area (Å²) in [6, 6.07) is 0. The number of nitrogens with one attached hydrogen (secondary N) is 1. The molecule has 16 heavy (non-hydrogen) atoms. The Labute approximate surface area is 92.7 Å². The lowest BCUT2D eigenvalue weighted by atomic mass is 10.3. The molecule has 1 N–H and O–H groups in total. The number of alkyl halides is 2. The van der Waals surface area contributed by atoms with Crippen molar-refractivity contribution in [3.05, 3.63) is 24.3 Å². The van der Waals surface area contributed by atoms with Gasteiger partial charge >= 0.3 is 0 Å². The van der Waals surface area contributed by atoms with E-state index in [1.165, 1.54) is 6.20 Å². The third-order valence-corrected chi connectivity index (χ3v) is 1.92. The van der Waals surface area contributed by atoms with E-state index in [2.05, 4.69) is 28.4 Å². The van der Waals surface area contributed by atoms with Crippen LogP contribution in [0.15, 0.2) is 17.9 Å². The number of imidazole rings is 1. The highest BCUT2D eigenvalue weighted by Gasteiger charge is 2.26. The van der Waals surface area contributed by atoms with Gasteiger partial charge in [-0.1, -0.05) is 6.58 Å². The van der Waals surface area contributed by atoms with Crippen molar-refractivity contribution < 1.29 is 8.78 Å². The standard InChI is InChI=1S/C10H14F2N4/c1-7(9-5-14-8(2)15-9)16(13-4)6-10(3,11)12/h5H,1,4,6H2,2-3H3,(H,14,15). The lowest BCUT2D eigenvalue weighted by molar-refractivity contribution is 0.0000952. The van der Waals surface area contributed by atoms with Crippen LogP contribution in [0.3, 0.4) is 0 Å². The quantitative estimate of drug-likeness (QED) is 0.620. The summed E-state index contributed by atoms with van der Waals surface area (Å²) >= 11 is 0. The molecule has 0 saturated carbocycles. The molecular formula is C10H14F2N4. The van der Waals surface area contributed by atoms with Crippen LogP contribution in [-0.4, -0.2) is 34.2 Å². The molecule has 1 heterocycles. The predicted octanol–water partition coefficient (Wildman–Crippen LogP) is 2.26. The highest BCUT2D eigenvalue weighted by atomic mass is 19.3. The number of rotatable bonds is 5. The van der Waals surface area contributed by atoms with Crippen LogP contribution >= 0.6 is 0 Å². The number of nitrogens with zero attached hydrogens (tertiary/aromatic N) is 3. The maximum Gasteiger partial charge on any atom is 0.264 e. The van der Waals surface area contributed by atoms with Crippen molar-refractivity contribution in [1.29, 1.82) is 0 Å². The molecule has 0 aromatic carbocycles. The van der Waals surface area contributed by atoms with E-state index < -0.39 is 12.5 Å². The van der Waals surface area contributed by atoms with Crippen LogP contribution < -0.4 is 0 Å². The molecule has 0 radical (unpaired) electrons. The normalized spacial score (nSPS) is 11.2. The molecule has 1 aromatic heterocycles. The molecule has 1 aromatic rings. The first kappa shape index (κ1) is 12.4. The lowest BCUT2D eigenvalue weighted by Gasteiger charge is -2.23. The molecule has 0 atom stereocenters. The van der Waals surface area contributed by atoms with Crippen LogP contribution in [0.5, 0.6) is 0 Å². The molecule has 0 saturated heterocycles. The number of halogens is 2. The van der Waals surface area contributed by atoms with Gasteiger partial charge in [0, 0.05) is 13.6 Å². The van der Waals surface area contributed by atoms with Gasteiger partial charge in [0.25, 0.3) is 5.92 Å². The van der Waals surface area contributed by atoms with Gasteiger partial charge in [-0.3, -0.25) is 5.01 Å². The molecule has 4 nitrogen and oxygen atoms in total. The molecule has 0 unspecified atom stereocenters. The van der Waals surface area contributed by atoms with Gasteiger partial charge < -0.3 is 4.98 Å². The Morgan fingerprint density at radius 2 is 2.31 bits per heavy atom. The summed E-state index contributed by atoms with van der Waals surface area (Å²) in [5, 5.41) is 4.56. The molecule has 1 rings (SSSR count). The number of hydrogen-bond acceptors (Lipinski definition) is 3. The largest absolute Gasteiger partial charge is 0.341 e. The third kappa shape index (κ3) is 3.15. The van der Waals surface area contributed by atoms with Crippen LogP contribution in [0.2, 0.25) is 0 Å². The SMILES string of the molecule is C=NN(CC(C)(F)F)C(=C)c1cnc(C)[nH]1. The van der Waals surface area contributed by atoms with Gasteiger partial charge in [-0.05, 0) is 6.92 Å². The van der Waals surface area contributed by atoms with Gasteiger partial charge in [0.05, 0.1) is 17.6 Å². The Bertz CT molecular complexity index is 392. The van der Waals surface area contributed by atoms with Crippen LogP contribution in [-0.2, 0) is 0 Å². The van der Waals surface area contributed by atoms with E-state index in [-0.39, 0.29) is 0 Å². The average Bonchev–Trinajstić information content (AvgIpc) is 2.58. The van der Waals surface area contributed by atoms with E-state index >= 15 is 0 Å². The number of aryl methyl sites for hydroxylation is 1. The smallest absolute Gasteiger partial charge is 0.264 e. The van der Waals surface area contributed by atoms with Crippen molar-refractivity contribution in [2.45, 2.75) is 19.8 Å². The number of H-pyrrole nitrogens is 1. The maximum absolute atomic E-state index is 12.8.